The van der Waals surface area contributed by atoms with Crippen LogP contribution in [0, 0.1) is 0 Å². The van der Waals surface area contributed by atoms with Crippen molar-refractivity contribution >= 4 is 27.3 Å². The maximum absolute atomic E-state index is 10.6. The summed E-state index contributed by atoms with van der Waals surface area (Å²) in [4.78, 5) is 5.03. The van der Waals surface area contributed by atoms with Gasteiger partial charge in [0, 0.05) is 12.8 Å². The van der Waals surface area contributed by atoms with Gasteiger partial charge in [0.25, 0.3) is 0 Å². The number of halogens is 1. The third kappa shape index (κ3) is 2.25. The summed E-state index contributed by atoms with van der Waals surface area (Å²) in [6.45, 7) is 4.60. The molecule has 2 rings (SSSR count). The van der Waals surface area contributed by atoms with E-state index in [1.54, 1.807) is 5.51 Å². The summed E-state index contributed by atoms with van der Waals surface area (Å²) in [6, 6.07) is 0. The van der Waals surface area contributed by atoms with E-state index in [-0.39, 0.29) is 5.60 Å². The molecule has 1 atom stereocenters. The van der Waals surface area contributed by atoms with Gasteiger partial charge in [-0.3, -0.25) is 0 Å². The van der Waals surface area contributed by atoms with Gasteiger partial charge in [0.15, 0.2) is 0 Å². The Labute approximate surface area is 102 Å². The summed E-state index contributed by atoms with van der Waals surface area (Å²) in [5, 5.41) is 10.6. The van der Waals surface area contributed by atoms with Crippen LogP contribution in [0.1, 0.15) is 31.6 Å². The Morgan fingerprint density at radius 1 is 1.60 bits per heavy atom. The molecule has 1 aliphatic rings. The van der Waals surface area contributed by atoms with Crippen molar-refractivity contribution in [2.75, 3.05) is 6.61 Å². The molecule has 2 heterocycles. The summed E-state index contributed by atoms with van der Waals surface area (Å²) < 4.78 is 6.36. The minimum Gasteiger partial charge on any atom is -0.384 e. The highest BCUT2D eigenvalue weighted by Gasteiger charge is 2.42. The number of hydrogen-bond donors (Lipinski definition) is 1. The van der Waals surface area contributed by atoms with E-state index in [4.69, 9.17) is 4.74 Å². The highest BCUT2D eigenvalue weighted by atomic mass is 79.9. The molecule has 84 valence electrons. The molecule has 1 aromatic rings. The fourth-order valence-corrected chi connectivity index (χ4v) is 3.76. The fourth-order valence-electron chi connectivity index (χ4n) is 2.07. The first-order chi connectivity index (χ1) is 6.93. The molecule has 0 bridgehead atoms. The van der Waals surface area contributed by atoms with Crippen molar-refractivity contribution in [2.24, 2.45) is 0 Å². The lowest BCUT2D eigenvalue weighted by molar-refractivity contribution is -0.147. The monoisotopic (exact) mass is 291 g/mol. The average Bonchev–Trinajstić information content (AvgIpc) is 2.49. The summed E-state index contributed by atoms with van der Waals surface area (Å²) in [5.74, 6) is 0. The van der Waals surface area contributed by atoms with Crippen LogP contribution in [-0.2, 0) is 10.3 Å². The third-order valence-electron chi connectivity index (χ3n) is 2.67. The van der Waals surface area contributed by atoms with Crippen molar-refractivity contribution in [3.05, 3.63) is 15.0 Å². The molecule has 0 spiro atoms. The van der Waals surface area contributed by atoms with Crippen LogP contribution in [0.5, 0.6) is 0 Å². The van der Waals surface area contributed by atoms with Crippen molar-refractivity contribution in [3.8, 4) is 0 Å². The Morgan fingerprint density at radius 3 is 2.87 bits per heavy atom. The van der Waals surface area contributed by atoms with Crippen LogP contribution in [0.25, 0.3) is 0 Å². The molecule has 1 aromatic heterocycles. The van der Waals surface area contributed by atoms with Gasteiger partial charge in [-0.15, -0.1) is 11.3 Å². The standard InChI is InChI=1S/C10H14BrNO2S/c1-9(2)5-10(13,3-4-14-9)7-8(11)12-6-15-7/h6,13H,3-5H2,1-2H3. The van der Waals surface area contributed by atoms with Gasteiger partial charge in [-0.05, 0) is 29.8 Å². The summed E-state index contributed by atoms with van der Waals surface area (Å²) in [6.07, 6.45) is 1.25. The molecule has 1 fully saturated rings. The molecule has 5 heteroatoms. The molecule has 1 unspecified atom stereocenters. The van der Waals surface area contributed by atoms with E-state index in [2.05, 4.69) is 20.9 Å². The van der Waals surface area contributed by atoms with Gasteiger partial charge in [-0.1, -0.05) is 0 Å². The van der Waals surface area contributed by atoms with Gasteiger partial charge in [-0.25, -0.2) is 4.98 Å². The minimum absolute atomic E-state index is 0.267. The lowest BCUT2D eigenvalue weighted by Gasteiger charge is -2.41. The summed E-state index contributed by atoms with van der Waals surface area (Å²) >= 11 is 4.87. The highest BCUT2D eigenvalue weighted by Crippen LogP contribution is 2.43. The quantitative estimate of drug-likeness (QED) is 0.865. The van der Waals surface area contributed by atoms with Gasteiger partial charge in [0.2, 0.25) is 0 Å². The van der Waals surface area contributed by atoms with Crippen molar-refractivity contribution in [3.63, 3.8) is 0 Å². The van der Waals surface area contributed by atoms with Crippen LogP contribution < -0.4 is 0 Å². The molecule has 1 saturated heterocycles. The smallest absolute Gasteiger partial charge is 0.123 e. The van der Waals surface area contributed by atoms with Crippen molar-refractivity contribution < 1.29 is 9.84 Å². The van der Waals surface area contributed by atoms with Gasteiger partial charge in [0.05, 0.1) is 22.6 Å². The van der Waals surface area contributed by atoms with Crippen LogP contribution in [0.15, 0.2) is 10.1 Å². The fraction of sp³-hybridized carbons (Fsp3) is 0.700. The first-order valence-electron chi connectivity index (χ1n) is 4.89. The van der Waals surface area contributed by atoms with E-state index in [9.17, 15) is 5.11 Å². The van der Waals surface area contributed by atoms with Crippen LogP contribution in [0.2, 0.25) is 0 Å². The zero-order chi connectivity index (χ0) is 11.1. The van der Waals surface area contributed by atoms with Gasteiger partial charge in [0.1, 0.15) is 10.2 Å². The third-order valence-corrected chi connectivity index (χ3v) is 4.56. The average molecular weight is 292 g/mol. The molecule has 0 saturated carbocycles. The summed E-state index contributed by atoms with van der Waals surface area (Å²) in [7, 11) is 0. The van der Waals surface area contributed by atoms with E-state index in [0.717, 1.165) is 9.48 Å². The number of aliphatic hydroxyl groups is 1. The predicted octanol–water partition coefficient (Wildman–Crippen LogP) is 2.68. The second kappa shape index (κ2) is 3.80. The first kappa shape index (κ1) is 11.5. The lowest BCUT2D eigenvalue weighted by Crippen LogP contribution is -2.43. The predicted molar refractivity (Wildman–Crippen MR) is 63.0 cm³/mol. The first-order valence-corrected chi connectivity index (χ1v) is 6.56. The molecule has 1 N–H and O–H groups in total. The second-order valence-electron chi connectivity index (χ2n) is 4.54. The zero-order valence-corrected chi connectivity index (χ0v) is 11.2. The van der Waals surface area contributed by atoms with E-state index in [0.29, 0.717) is 19.4 Å². The van der Waals surface area contributed by atoms with E-state index in [1.807, 2.05) is 13.8 Å². The maximum atomic E-state index is 10.6. The van der Waals surface area contributed by atoms with E-state index < -0.39 is 5.60 Å². The van der Waals surface area contributed by atoms with E-state index >= 15 is 0 Å². The number of thiazole rings is 1. The largest absolute Gasteiger partial charge is 0.384 e. The van der Waals surface area contributed by atoms with Crippen LogP contribution in [-0.4, -0.2) is 22.3 Å². The minimum atomic E-state index is -0.790. The molecule has 15 heavy (non-hydrogen) atoms. The number of aromatic nitrogens is 1. The molecular formula is C10H14BrNO2S. The second-order valence-corrected chi connectivity index (χ2v) is 6.14. The highest BCUT2D eigenvalue weighted by molar-refractivity contribution is 9.10. The number of hydrogen-bond acceptors (Lipinski definition) is 4. The number of rotatable bonds is 1. The Morgan fingerprint density at radius 2 is 2.33 bits per heavy atom. The Bertz CT molecular complexity index is 366. The Hall–Kier alpha value is 0.0300. The number of ether oxygens (including phenoxy) is 1. The molecule has 0 amide bonds. The van der Waals surface area contributed by atoms with Gasteiger partial charge < -0.3 is 9.84 Å². The Kier molecular flexibility index (Phi) is 2.92. The van der Waals surface area contributed by atoms with Gasteiger partial charge >= 0.3 is 0 Å². The van der Waals surface area contributed by atoms with Crippen LogP contribution in [0.3, 0.4) is 0 Å². The molecule has 1 aliphatic heterocycles. The van der Waals surface area contributed by atoms with Crippen molar-refractivity contribution in [2.45, 2.75) is 37.9 Å². The molecular weight excluding hydrogens is 278 g/mol. The van der Waals surface area contributed by atoms with Crippen molar-refractivity contribution in [1.82, 2.24) is 4.98 Å². The maximum Gasteiger partial charge on any atom is 0.123 e. The summed E-state index contributed by atoms with van der Waals surface area (Å²) in [5.41, 5.74) is 0.692. The molecule has 0 radical (unpaired) electrons. The molecule has 3 nitrogen and oxygen atoms in total. The van der Waals surface area contributed by atoms with Crippen molar-refractivity contribution in [1.29, 1.82) is 0 Å². The lowest BCUT2D eigenvalue weighted by atomic mass is 9.83. The van der Waals surface area contributed by atoms with E-state index in [1.165, 1.54) is 11.3 Å². The van der Waals surface area contributed by atoms with Crippen LogP contribution >= 0.6 is 27.3 Å². The number of nitrogens with zero attached hydrogens (tertiary/aromatic N) is 1. The molecule has 0 aliphatic carbocycles. The molecule has 0 aromatic carbocycles. The topological polar surface area (TPSA) is 42.4 Å². The Balaban J connectivity index is 2.31. The SMILES string of the molecule is CC1(C)CC(O)(c2scnc2Br)CCO1. The normalized spacial score (nSPS) is 30.4. The van der Waals surface area contributed by atoms with Gasteiger partial charge in [-0.2, -0.15) is 0 Å². The van der Waals surface area contributed by atoms with Crippen LogP contribution in [0.4, 0.5) is 0 Å². The zero-order valence-electron chi connectivity index (χ0n) is 8.79.